The number of rotatable bonds is 3. The van der Waals surface area contributed by atoms with Gasteiger partial charge in [-0.15, -0.1) is 0 Å². The summed E-state index contributed by atoms with van der Waals surface area (Å²) in [6, 6.07) is 3.76. The van der Waals surface area contributed by atoms with Crippen LogP contribution in [0.5, 0.6) is 5.75 Å². The summed E-state index contributed by atoms with van der Waals surface area (Å²) in [6.07, 6.45) is 1.73. The summed E-state index contributed by atoms with van der Waals surface area (Å²) in [5.74, 6) is 0.534. The maximum atomic E-state index is 12.2. The number of hydrogen-bond donors (Lipinski definition) is 1. The van der Waals surface area contributed by atoms with Crippen LogP contribution in [-0.4, -0.2) is 29.6 Å². The molecule has 0 unspecified atom stereocenters. The minimum absolute atomic E-state index is 0.129. The number of benzene rings is 1. The Morgan fingerprint density at radius 2 is 2.15 bits per heavy atom. The molecule has 2 rings (SSSR count). The van der Waals surface area contributed by atoms with Gasteiger partial charge in [0.15, 0.2) is 5.11 Å². The van der Waals surface area contributed by atoms with Crippen molar-refractivity contribution in [3.05, 3.63) is 32.3 Å². The van der Waals surface area contributed by atoms with E-state index in [1.807, 2.05) is 19.1 Å². The summed E-state index contributed by atoms with van der Waals surface area (Å²) >= 11 is 12.0. The fraction of sp³-hybridized carbons (Fsp3) is 0.231. The molecule has 1 aromatic carbocycles. The van der Waals surface area contributed by atoms with Gasteiger partial charge in [0, 0.05) is 16.6 Å². The molecule has 1 aliphatic heterocycles. The van der Waals surface area contributed by atoms with E-state index in [1.165, 1.54) is 4.90 Å². The molecule has 1 amide bonds. The number of halogens is 2. The summed E-state index contributed by atoms with van der Waals surface area (Å²) in [6.45, 7) is 2.42. The Balaban J connectivity index is 2.46. The molecule has 7 heteroatoms. The first-order valence-corrected chi connectivity index (χ1v) is 7.85. The number of carbonyl (C=O) groups excluding carboxylic acids is 1. The van der Waals surface area contributed by atoms with Gasteiger partial charge >= 0.3 is 0 Å². The summed E-state index contributed by atoms with van der Waals surface area (Å²) in [5.41, 5.74) is 1.23. The predicted molar refractivity (Wildman–Crippen MR) is 89.5 cm³/mol. The average molecular weight is 420 g/mol. The second-order valence-corrected chi connectivity index (χ2v) is 6.20. The topological polar surface area (TPSA) is 41.6 Å². The van der Waals surface area contributed by atoms with Gasteiger partial charge < -0.3 is 10.1 Å². The molecule has 0 atom stereocenters. The van der Waals surface area contributed by atoms with Crippen LogP contribution in [0.3, 0.4) is 0 Å². The number of nitrogens with zero attached hydrogens (tertiary/aromatic N) is 1. The molecule has 4 nitrogen and oxygen atoms in total. The minimum atomic E-state index is -0.129. The van der Waals surface area contributed by atoms with Crippen LogP contribution in [0.1, 0.15) is 12.5 Å². The van der Waals surface area contributed by atoms with Gasteiger partial charge in [-0.25, -0.2) is 0 Å². The molecule has 0 aliphatic carbocycles. The Labute approximate surface area is 139 Å². The molecular weight excluding hydrogens is 408 g/mol. The molecule has 1 heterocycles. The van der Waals surface area contributed by atoms with Crippen LogP contribution in [0.25, 0.3) is 6.08 Å². The van der Waals surface area contributed by atoms with E-state index in [9.17, 15) is 4.79 Å². The van der Waals surface area contributed by atoms with Crippen molar-refractivity contribution in [2.75, 3.05) is 13.7 Å². The summed E-state index contributed by atoms with van der Waals surface area (Å²) in [4.78, 5) is 13.7. The highest BCUT2D eigenvalue weighted by molar-refractivity contribution is 9.11. The largest absolute Gasteiger partial charge is 0.495 e. The zero-order valence-corrected chi connectivity index (χ0v) is 14.9. The van der Waals surface area contributed by atoms with E-state index in [0.29, 0.717) is 23.1 Å². The van der Waals surface area contributed by atoms with Gasteiger partial charge in [0.2, 0.25) is 0 Å². The van der Waals surface area contributed by atoms with Crippen molar-refractivity contribution in [2.24, 2.45) is 0 Å². The molecule has 1 aromatic rings. The third-order valence-corrected chi connectivity index (χ3v) is 4.19. The fourth-order valence-corrected chi connectivity index (χ4v) is 3.66. The standard InChI is InChI=1S/C13H12Br2N2O2S/c1-3-17-12(18)10(16-13(17)20)5-7-4-8(14)6-9(15)11(7)19-2/h4-6H,3H2,1-2H3,(H,16,20)/b10-5-. The monoisotopic (exact) mass is 418 g/mol. The number of thiocarbonyl (C=S) groups is 1. The SMILES string of the molecule is CCN1C(=O)/C(=C/c2cc(Br)cc(Br)c2OC)NC1=S. The highest BCUT2D eigenvalue weighted by Gasteiger charge is 2.29. The Morgan fingerprint density at radius 1 is 1.45 bits per heavy atom. The highest BCUT2D eigenvalue weighted by Crippen LogP contribution is 2.34. The number of amides is 1. The van der Waals surface area contributed by atoms with Crippen LogP contribution < -0.4 is 10.1 Å². The number of carbonyl (C=O) groups is 1. The van der Waals surface area contributed by atoms with Crippen molar-refractivity contribution in [3.63, 3.8) is 0 Å². The molecule has 20 heavy (non-hydrogen) atoms. The zero-order chi connectivity index (χ0) is 14.9. The van der Waals surface area contributed by atoms with Gasteiger partial charge in [0.05, 0.1) is 11.6 Å². The molecule has 1 N–H and O–H groups in total. The van der Waals surface area contributed by atoms with Crippen LogP contribution in [-0.2, 0) is 4.79 Å². The summed E-state index contributed by atoms with van der Waals surface area (Å²) in [5, 5.41) is 3.35. The quantitative estimate of drug-likeness (QED) is 0.602. The second kappa shape index (κ2) is 6.24. The normalized spacial score (nSPS) is 16.8. The molecular formula is C13H12Br2N2O2S. The molecule has 0 aromatic heterocycles. The van der Waals surface area contributed by atoms with E-state index in [1.54, 1.807) is 13.2 Å². The van der Waals surface area contributed by atoms with E-state index >= 15 is 0 Å². The minimum Gasteiger partial charge on any atom is -0.495 e. The van der Waals surface area contributed by atoms with Gasteiger partial charge in [-0.2, -0.15) is 0 Å². The van der Waals surface area contributed by atoms with Crippen LogP contribution in [0.4, 0.5) is 0 Å². The first-order valence-electron chi connectivity index (χ1n) is 5.85. The molecule has 0 bridgehead atoms. The average Bonchev–Trinajstić information content (AvgIpc) is 2.63. The number of hydrogen-bond acceptors (Lipinski definition) is 3. The lowest BCUT2D eigenvalue weighted by Crippen LogP contribution is -2.30. The lowest BCUT2D eigenvalue weighted by atomic mass is 10.1. The van der Waals surface area contributed by atoms with Gasteiger partial charge in [-0.3, -0.25) is 9.69 Å². The maximum absolute atomic E-state index is 12.2. The van der Waals surface area contributed by atoms with Crippen molar-refractivity contribution in [3.8, 4) is 5.75 Å². The van der Waals surface area contributed by atoms with Gasteiger partial charge in [0.1, 0.15) is 11.4 Å². The highest BCUT2D eigenvalue weighted by atomic mass is 79.9. The van der Waals surface area contributed by atoms with Crippen LogP contribution >= 0.6 is 44.1 Å². The molecule has 0 radical (unpaired) electrons. The van der Waals surface area contributed by atoms with Gasteiger partial charge in [-0.1, -0.05) is 15.9 Å². The zero-order valence-electron chi connectivity index (χ0n) is 10.9. The first kappa shape index (κ1) is 15.5. The Bertz CT molecular complexity index is 617. The van der Waals surface area contributed by atoms with Crippen molar-refractivity contribution in [1.82, 2.24) is 10.2 Å². The maximum Gasteiger partial charge on any atom is 0.276 e. The predicted octanol–water partition coefficient (Wildman–Crippen LogP) is 3.30. The fourth-order valence-electron chi connectivity index (χ4n) is 1.92. The lowest BCUT2D eigenvalue weighted by Gasteiger charge is -2.09. The Morgan fingerprint density at radius 3 is 2.70 bits per heavy atom. The number of ether oxygens (including phenoxy) is 1. The van der Waals surface area contributed by atoms with Gasteiger partial charge in [0.25, 0.3) is 5.91 Å². The molecule has 1 fully saturated rings. The third kappa shape index (κ3) is 2.89. The van der Waals surface area contributed by atoms with Crippen molar-refractivity contribution in [1.29, 1.82) is 0 Å². The Hall–Kier alpha value is -0.920. The second-order valence-electron chi connectivity index (χ2n) is 4.05. The molecule has 1 aliphatic rings. The third-order valence-electron chi connectivity index (χ3n) is 2.82. The lowest BCUT2D eigenvalue weighted by molar-refractivity contribution is -0.122. The van der Waals surface area contributed by atoms with Crippen LogP contribution in [0, 0.1) is 0 Å². The number of methoxy groups -OCH3 is 1. The number of nitrogens with one attached hydrogen (secondary N) is 1. The van der Waals surface area contributed by atoms with E-state index in [4.69, 9.17) is 17.0 Å². The van der Waals surface area contributed by atoms with Crippen molar-refractivity contribution >= 4 is 61.2 Å². The van der Waals surface area contributed by atoms with Crippen molar-refractivity contribution < 1.29 is 9.53 Å². The van der Waals surface area contributed by atoms with E-state index in [0.717, 1.165) is 14.5 Å². The van der Waals surface area contributed by atoms with Crippen molar-refractivity contribution in [2.45, 2.75) is 6.92 Å². The molecule has 1 saturated heterocycles. The Kier molecular flexibility index (Phi) is 4.82. The smallest absolute Gasteiger partial charge is 0.276 e. The summed E-state index contributed by atoms with van der Waals surface area (Å²) < 4.78 is 7.05. The van der Waals surface area contributed by atoms with E-state index in [2.05, 4.69) is 37.2 Å². The number of likely N-dealkylation sites (N-methyl/N-ethyl adjacent to an activating group) is 1. The van der Waals surface area contributed by atoms with E-state index < -0.39 is 0 Å². The van der Waals surface area contributed by atoms with Gasteiger partial charge in [-0.05, 0) is 53.3 Å². The van der Waals surface area contributed by atoms with Crippen LogP contribution in [0.2, 0.25) is 0 Å². The van der Waals surface area contributed by atoms with E-state index in [-0.39, 0.29) is 5.91 Å². The summed E-state index contributed by atoms with van der Waals surface area (Å²) in [7, 11) is 1.59. The molecule has 106 valence electrons. The molecule has 0 spiro atoms. The van der Waals surface area contributed by atoms with Crippen LogP contribution in [0.15, 0.2) is 26.8 Å². The molecule has 0 saturated carbocycles. The first-order chi connectivity index (χ1) is 9.47.